The number of anilines is 1. The largest absolute Gasteiger partial charge is 0.365 e. The van der Waals surface area contributed by atoms with Crippen molar-refractivity contribution >= 4 is 49.3 Å². The second-order valence-corrected chi connectivity index (χ2v) is 10.8. The molecular formula is C28H32FN5O2S. The van der Waals surface area contributed by atoms with E-state index in [1.165, 1.54) is 6.07 Å². The van der Waals surface area contributed by atoms with Crippen molar-refractivity contribution in [2.24, 2.45) is 0 Å². The van der Waals surface area contributed by atoms with Crippen molar-refractivity contribution in [3.8, 4) is 0 Å². The van der Waals surface area contributed by atoms with E-state index in [4.69, 9.17) is 0 Å². The van der Waals surface area contributed by atoms with Gasteiger partial charge in [-0.15, -0.1) is 11.3 Å². The molecule has 1 aliphatic rings. The van der Waals surface area contributed by atoms with E-state index in [0.717, 1.165) is 47.3 Å². The van der Waals surface area contributed by atoms with Gasteiger partial charge in [0, 0.05) is 17.3 Å². The third-order valence-electron chi connectivity index (χ3n) is 7.11. The number of para-hydroxylation sites is 1. The van der Waals surface area contributed by atoms with Gasteiger partial charge in [0.25, 0.3) is 0 Å². The van der Waals surface area contributed by atoms with Crippen LogP contribution in [0.1, 0.15) is 57.8 Å². The summed E-state index contributed by atoms with van der Waals surface area (Å²) >= 11 is 1.55. The van der Waals surface area contributed by atoms with Crippen LogP contribution in [0.3, 0.4) is 0 Å². The number of carbonyl (C=O) groups excluding carboxylic acids is 2. The molecule has 0 bridgehead atoms. The molecule has 2 aromatic heterocycles. The van der Waals surface area contributed by atoms with E-state index in [1.807, 2.05) is 35.2 Å². The number of hydrogen-bond donors (Lipinski definition) is 3. The maximum Gasteiger partial charge on any atom is 0.243 e. The van der Waals surface area contributed by atoms with Crippen molar-refractivity contribution in [1.82, 2.24) is 20.2 Å². The molecule has 4 aromatic rings. The van der Waals surface area contributed by atoms with Crippen LogP contribution in [-0.4, -0.2) is 45.3 Å². The van der Waals surface area contributed by atoms with Gasteiger partial charge >= 0.3 is 0 Å². The molecule has 1 saturated heterocycles. The molecule has 7 nitrogen and oxygen atoms in total. The Hall–Kier alpha value is -3.46. The van der Waals surface area contributed by atoms with Crippen molar-refractivity contribution < 1.29 is 14.0 Å². The fourth-order valence-electron chi connectivity index (χ4n) is 5.08. The number of benzene rings is 2. The number of fused-ring (bicyclic) bond motifs is 2. The molecule has 0 spiro atoms. The molecule has 3 heterocycles. The first-order chi connectivity index (χ1) is 17.9. The fraction of sp³-hybridized carbons (Fsp3) is 0.393. The molecule has 2 amide bonds. The Balaban J connectivity index is 1.36. The highest BCUT2D eigenvalue weighted by Crippen LogP contribution is 2.31. The molecule has 2 aromatic carbocycles. The van der Waals surface area contributed by atoms with Gasteiger partial charge in [-0.2, -0.15) is 0 Å². The average molecular weight is 522 g/mol. The zero-order valence-corrected chi connectivity index (χ0v) is 21.9. The van der Waals surface area contributed by atoms with Crippen molar-refractivity contribution in [3.63, 3.8) is 0 Å². The summed E-state index contributed by atoms with van der Waals surface area (Å²) in [7, 11) is 0. The molecule has 0 unspecified atom stereocenters. The van der Waals surface area contributed by atoms with E-state index >= 15 is 0 Å². The van der Waals surface area contributed by atoms with Crippen molar-refractivity contribution in [3.05, 3.63) is 60.2 Å². The first-order valence-electron chi connectivity index (χ1n) is 12.9. The molecule has 3 N–H and O–H groups in total. The van der Waals surface area contributed by atoms with Crippen molar-refractivity contribution in [2.45, 2.75) is 64.1 Å². The Kier molecular flexibility index (Phi) is 7.41. The smallest absolute Gasteiger partial charge is 0.243 e. The second kappa shape index (κ2) is 10.9. The van der Waals surface area contributed by atoms with Gasteiger partial charge in [0.05, 0.1) is 23.0 Å². The number of imidazole rings is 1. The molecule has 5 rings (SSSR count). The van der Waals surface area contributed by atoms with Gasteiger partial charge in [0.2, 0.25) is 11.8 Å². The summed E-state index contributed by atoms with van der Waals surface area (Å²) in [4.78, 5) is 36.3. The third kappa shape index (κ3) is 5.46. The van der Waals surface area contributed by atoms with Gasteiger partial charge in [0.1, 0.15) is 17.4 Å². The summed E-state index contributed by atoms with van der Waals surface area (Å²) in [6.07, 6.45) is 4.08. The van der Waals surface area contributed by atoms with Gasteiger partial charge in [0.15, 0.2) is 5.82 Å². The Labute approximate surface area is 219 Å². The fourth-order valence-corrected chi connectivity index (χ4v) is 6.10. The average Bonchev–Trinajstić information content (AvgIpc) is 3.53. The summed E-state index contributed by atoms with van der Waals surface area (Å²) in [6.45, 7) is 4.63. The van der Waals surface area contributed by atoms with Crippen LogP contribution in [0.15, 0.2) is 48.5 Å². The molecule has 3 atom stereocenters. The van der Waals surface area contributed by atoms with Crippen molar-refractivity contribution in [2.75, 3.05) is 11.9 Å². The predicted molar refractivity (Wildman–Crippen MR) is 146 cm³/mol. The van der Waals surface area contributed by atoms with Gasteiger partial charge in [-0.05, 0) is 62.3 Å². The number of aromatic amines is 1. The minimum atomic E-state index is -0.761. The van der Waals surface area contributed by atoms with Crippen LogP contribution in [0.4, 0.5) is 9.39 Å². The number of amides is 2. The third-order valence-corrected chi connectivity index (χ3v) is 8.15. The summed E-state index contributed by atoms with van der Waals surface area (Å²) in [5.41, 5.74) is 0.811. The summed E-state index contributed by atoms with van der Waals surface area (Å²) in [6, 6.07) is 13.7. The van der Waals surface area contributed by atoms with Crippen LogP contribution in [0.25, 0.3) is 21.1 Å². The molecule has 0 aliphatic carbocycles. The predicted octanol–water partition coefficient (Wildman–Crippen LogP) is 5.76. The topological polar surface area (TPSA) is 90.1 Å². The maximum atomic E-state index is 14.1. The standard InChI is InChI=1S/C28H32FN5O2S/c1-3-19-10-6-7-14-34(19)25(35)16-22(31-24-15-18-9-4-5-13-23(18)37-24)28(36)30-17(2)27-32-21-12-8-11-20(29)26(21)33-27/h4-5,8-9,11-13,15,17,19,22,31H,3,6-7,10,14,16H2,1-2H3,(H,30,36)(H,32,33)/t17-,19-,22-/m0/s1. The number of likely N-dealkylation sites (tertiary alicyclic amines) is 1. The SMILES string of the molecule is CC[C@H]1CCCCN1C(=O)C[C@H](Nc1cc2ccccc2s1)C(=O)N[C@@H](C)c1nc2c(F)cccc2[nH]1. The van der Waals surface area contributed by atoms with Crippen LogP contribution in [-0.2, 0) is 9.59 Å². The number of nitrogens with zero attached hydrogens (tertiary/aromatic N) is 2. The van der Waals surface area contributed by atoms with E-state index in [0.29, 0.717) is 11.3 Å². The summed E-state index contributed by atoms with van der Waals surface area (Å²) in [5, 5.41) is 8.23. The van der Waals surface area contributed by atoms with E-state index in [-0.39, 0.29) is 29.8 Å². The Bertz CT molecular complexity index is 1380. The summed E-state index contributed by atoms with van der Waals surface area (Å²) in [5.74, 6) is -0.272. The first-order valence-corrected chi connectivity index (χ1v) is 13.7. The monoisotopic (exact) mass is 521 g/mol. The van der Waals surface area contributed by atoms with Crippen molar-refractivity contribution in [1.29, 1.82) is 0 Å². The maximum absolute atomic E-state index is 14.1. The minimum Gasteiger partial charge on any atom is -0.365 e. The van der Waals surface area contributed by atoms with Crippen LogP contribution in [0.2, 0.25) is 0 Å². The molecule has 1 fully saturated rings. The molecule has 0 saturated carbocycles. The Morgan fingerprint density at radius 2 is 2.05 bits per heavy atom. The van der Waals surface area contributed by atoms with Crippen LogP contribution >= 0.6 is 11.3 Å². The van der Waals surface area contributed by atoms with Crippen LogP contribution < -0.4 is 10.6 Å². The lowest BCUT2D eigenvalue weighted by atomic mass is 9.99. The zero-order valence-electron chi connectivity index (χ0n) is 21.1. The van der Waals surface area contributed by atoms with Gasteiger partial charge in [-0.1, -0.05) is 31.2 Å². The van der Waals surface area contributed by atoms with Gasteiger partial charge in [-0.3, -0.25) is 9.59 Å². The lowest BCUT2D eigenvalue weighted by molar-refractivity contribution is -0.137. The lowest BCUT2D eigenvalue weighted by Gasteiger charge is -2.36. The number of H-pyrrole nitrogens is 1. The normalized spacial score (nSPS) is 17.6. The number of piperidine rings is 1. The van der Waals surface area contributed by atoms with Crippen LogP contribution in [0, 0.1) is 5.82 Å². The quantitative estimate of drug-likeness (QED) is 0.275. The number of carbonyl (C=O) groups is 2. The Morgan fingerprint density at radius 1 is 1.22 bits per heavy atom. The lowest BCUT2D eigenvalue weighted by Crippen LogP contribution is -2.48. The van der Waals surface area contributed by atoms with E-state index < -0.39 is 17.9 Å². The van der Waals surface area contributed by atoms with E-state index in [1.54, 1.807) is 30.4 Å². The molecular weight excluding hydrogens is 489 g/mol. The molecule has 0 radical (unpaired) electrons. The minimum absolute atomic E-state index is 0.0150. The number of rotatable bonds is 8. The highest BCUT2D eigenvalue weighted by Gasteiger charge is 2.31. The second-order valence-electron chi connectivity index (χ2n) is 9.68. The molecule has 194 valence electrons. The van der Waals surface area contributed by atoms with Gasteiger partial charge in [-0.25, -0.2) is 9.37 Å². The zero-order chi connectivity index (χ0) is 25.9. The molecule has 1 aliphatic heterocycles. The highest BCUT2D eigenvalue weighted by molar-refractivity contribution is 7.22. The molecule has 37 heavy (non-hydrogen) atoms. The van der Waals surface area contributed by atoms with E-state index in [2.05, 4.69) is 27.5 Å². The first kappa shape index (κ1) is 25.2. The molecule has 9 heteroatoms. The van der Waals surface area contributed by atoms with E-state index in [9.17, 15) is 14.0 Å². The Morgan fingerprint density at radius 3 is 2.84 bits per heavy atom. The van der Waals surface area contributed by atoms with Crippen LogP contribution in [0.5, 0.6) is 0 Å². The highest BCUT2D eigenvalue weighted by atomic mass is 32.1. The number of thiophene rings is 1. The number of nitrogens with one attached hydrogen (secondary N) is 3. The number of aromatic nitrogens is 2. The number of halogens is 1. The summed E-state index contributed by atoms with van der Waals surface area (Å²) < 4.78 is 15.3. The number of hydrogen-bond acceptors (Lipinski definition) is 5. The van der Waals surface area contributed by atoms with Gasteiger partial charge < -0.3 is 20.5 Å².